The first-order chi connectivity index (χ1) is 16.2. The molecular weight excluding hydrogens is 458 g/mol. The van der Waals surface area contributed by atoms with Crippen molar-refractivity contribution >= 4 is 33.2 Å². The van der Waals surface area contributed by atoms with Gasteiger partial charge >= 0.3 is 0 Å². The summed E-state index contributed by atoms with van der Waals surface area (Å²) in [5, 5.41) is 2.85. The smallest absolute Gasteiger partial charge is 0.230 e. The molecule has 2 aromatic carbocycles. The monoisotopic (exact) mass is 489 g/mol. The molecule has 0 spiro atoms. The van der Waals surface area contributed by atoms with E-state index in [9.17, 15) is 18.0 Å². The van der Waals surface area contributed by atoms with Crippen LogP contribution in [0.25, 0.3) is 0 Å². The molecule has 1 heterocycles. The molecule has 0 radical (unpaired) electrons. The largest absolute Gasteiger partial charge is 0.497 e. The summed E-state index contributed by atoms with van der Waals surface area (Å²) in [6, 6.07) is 11.7. The number of likely N-dealkylation sites (tertiary alicyclic amines) is 1. The van der Waals surface area contributed by atoms with Crippen LogP contribution >= 0.6 is 0 Å². The van der Waals surface area contributed by atoms with Gasteiger partial charge in [0, 0.05) is 18.7 Å². The Hall–Kier alpha value is -3.27. The van der Waals surface area contributed by atoms with Crippen LogP contribution in [0.1, 0.15) is 37.8 Å². The van der Waals surface area contributed by atoms with Crippen LogP contribution in [0.2, 0.25) is 0 Å². The highest BCUT2D eigenvalue weighted by molar-refractivity contribution is 7.92. The van der Waals surface area contributed by atoms with Crippen molar-refractivity contribution in [1.29, 1.82) is 0 Å². The van der Waals surface area contributed by atoms with Crippen LogP contribution in [0.5, 0.6) is 11.5 Å². The SMILES string of the molecule is CCCCN1C(=O)CC(C(=O)Nc2ccc(OC)c(NS(C)(=O)=O)c2)C1c1ccc(OC)cc1. The number of benzene rings is 2. The lowest BCUT2D eigenvalue weighted by Crippen LogP contribution is -2.33. The molecule has 0 bridgehead atoms. The third-order valence-electron chi connectivity index (χ3n) is 5.74. The molecule has 0 aliphatic carbocycles. The fourth-order valence-electron chi connectivity index (χ4n) is 4.13. The van der Waals surface area contributed by atoms with Gasteiger partial charge in [-0.05, 0) is 42.3 Å². The molecule has 2 atom stereocenters. The maximum absolute atomic E-state index is 13.4. The summed E-state index contributed by atoms with van der Waals surface area (Å²) in [5.74, 6) is 0.0260. The van der Waals surface area contributed by atoms with Crippen LogP contribution in [0.4, 0.5) is 11.4 Å². The molecule has 184 valence electrons. The Morgan fingerprint density at radius 3 is 2.41 bits per heavy atom. The molecule has 2 amide bonds. The molecule has 2 unspecified atom stereocenters. The van der Waals surface area contributed by atoms with E-state index < -0.39 is 22.0 Å². The number of sulfonamides is 1. The van der Waals surface area contributed by atoms with E-state index in [4.69, 9.17) is 9.47 Å². The van der Waals surface area contributed by atoms with Crippen molar-refractivity contribution in [1.82, 2.24) is 4.90 Å². The van der Waals surface area contributed by atoms with E-state index in [2.05, 4.69) is 17.0 Å². The molecule has 9 nitrogen and oxygen atoms in total. The number of unbranched alkanes of at least 4 members (excludes halogenated alkanes) is 1. The first-order valence-corrected chi connectivity index (χ1v) is 13.0. The highest BCUT2D eigenvalue weighted by atomic mass is 32.2. The molecule has 0 aromatic heterocycles. The van der Waals surface area contributed by atoms with Crippen LogP contribution in [0, 0.1) is 5.92 Å². The van der Waals surface area contributed by atoms with Crippen molar-refractivity contribution in [3.8, 4) is 11.5 Å². The Kier molecular flexibility index (Phi) is 8.03. The number of hydrogen-bond acceptors (Lipinski definition) is 6. The van der Waals surface area contributed by atoms with Gasteiger partial charge in [-0.15, -0.1) is 0 Å². The minimum absolute atomic E-state index is 0.0661. The fourth-order valence-corrected chi connectivity index (χ4v) is 4.69. The summed E-state index contributed by atoms with van der Waals surface area (Å²) >= 11 is 0. The Morgan fingerprint density at radius 1 is 1.12 bits per heavy atom. The molecule has 3 rings (SSSR count). The van der Waals surface area contributed by atoms with E-state index in [0.29, 0.717) is 23.7 Å². The van der Waals surface area contributed by atoms with E-state index in [-0.39, 0.29) is 23.9 Å². The quantitative estimate of drug-likeness (QED) is 0.529. The summed E-state index contributed by atoms with van der Waals surface area (Å²) in [6.07, 6.45) is 2.90. The normalized spacial score (nSPS) is 18.0. The van der Waals surface area contributed by atoms with Crippen molar-refractivity contribution < 1.29 is 27.5 Å². The molecule has 0 saturated carbocycles. The van der Waals surface area contributed by atoms with Gasteiger partial charge < -0.3 is 19.7 Å². The summed E-state index contributed by atoms with van der Waals surface area (Å²) in [6.45, 7) is 2.62. The second-order valence-corrected chi connectivity index (χ2v) is 10.00. The van der Waals surface area contributed by atoms with Crippen LogP contribution in [-0.4, -0.2) is 52.2 Å². The third kappa shape index (κ3) is 5.99. The number of carbonyl (C=O) groups excluding carboxylic acids is 2. The number of nitrogens with zero attached hydrogens (tertiary/aromatic N) is 1. The summed E-state index contributed by atoms with van der Waals surface area (Å²) in [7, 11) is -0.540. The number of methoxy groups -OCH3 is 2. The number of rotatable bonds is 10. The lowest BCUT2D eigenvalue weighted by atomic mass is 9.92. The van der Waals surface area contributed by atoms with Crippen molar-refractivity contribution in [2.45, 2.75) is 32.2 Å². The zero-order valence-electron chi connectivity index (χ0n) is 19.8. The Morgan fingerprint density at radius 2 is 1.82 bits per heavy atom. The van der Waals surface area contributed by atoms with Crippen LogP contribution in [0.3, 0.4) is 0 Å². The molecular formula is C24H31N3O6S. The van der Waals surface area contributed by atoms with Gasteiger partial charge in [-0.3, -0.25) is 14.3 Å². The number of anilines is 2. The molecule has 1 fully saturated rings. The average Bonchev–Trinajstić information content (AvgIpc) is 3.13. The van der Waals surface area contributed by atoms with Gasteiger partial charge in [-0.25, -0.2) is 8.42 Å². The summed E-state index contributed by atoms with van der Waals surface area (Å²) in [5.41, 5.74) is 1.46. The van der Waals surface area contributed by atoms with Crippen molar-refractivity contribution in [3.05, 3.63) is 48.0 Å². The molecule has 1 saturated heterocycles. The van der Waals surface area contributed by atoms with Gasteiger partial charge in [-0.2, -0.15) is 0 Å². The first-order valence-electron chi connectivity index (χ1n) is 11.1. The number of nitrogens with one attached hydrogen (secondary N) is 2. The van der Waals surface area contributed by atoms with Crippen LogP contribution < -0.4 is 19.5 Å². The lowest BCUT2D eigenvalue weighted by Gasteiger charge is -2.28. The van der Waals surface area contributed by atoms with E-state index in [1.54, 1.807) is 24.1 Å². The predicted molar refractivity (Wildman–Crippen MR) is 131 cm³/mol. The maximum atomic E-state index is 13.4. The predicted octanol–water partition coefficient (Wildman–Crippen LogP) is 3.40. The Bertz CT molecular complexity index is 1130. The van der Waals surface area contributed by atoms with Crippen molar-refractivity contribution in [2.24, 2.45) is 5.92 Å². The average molecular weight is 490 g/mol. The zero-order valence-corrected chi connectivity index (χ0v) is 20.6. The van der Waals surface area contributed by atoms with Crippen LogP contribution in [0.15, 0.2) is 42.5 Å². The summed E-state index contributed by atoms with van der Waals surface area (Å²) in [4.78, 5) is 28.0. The molecule has 34 heavy (non-hydrogen) atoms. The van der Waals surface area contributed by atoms with Crippen LogP contribution in [-0.2, 0) is 19.6 Å². The van der Waals surface area contributed by atoms with Gasteiger partial charge in [0.2, 0.25) is 21.8 Å². The number of carbonyl (C=O) groups is 2. The third-order valence-corrected chi connectivity index (χ3v) is 6.33. The zero-order chi connectivity index (χ0) is 24.9. The molecule has 1 aliphatic rings. The number of amides is 2. The van der Waals surface area contributed by atoms with Gasteiger partial charge in [0.15, 0.2) is 0 Å². The van der Waals surface area contributed by atoms with Crippen molar-refractivity contribution in [3.63, 3.8) is 0 Å². The second-order valence-electron chi connectivity index (χ2n) is 8.25. The topological polar surface area (TPSA) is 114 Å². The lowest BCUT2D eigenvalue weighted by molar-refractivity contribution is -0.129. The molecule has 10 heteroatoms. The fraction of sp³-hybridized carbons (Fsp3) is 0.417. The van der Waals surface area contributed by atoms with E-state index in [1.807, 2.05) is 24.3 Å². The maximum Gasteiger partial charge on any atom is 0.230 e. The highest BCUT2D eigenvalue weighted by Crippen LogP contribution is 2.40. The second kappa shape index (κ2) is 10.8. The van der Waals surface area contributed by atoms with E-state index >= 15 is 0 Å². The van der Waals surface area contributed by atoms with Gasteiger partial charge in [0.1, 0.15) is 11.5 Å². The standard InChI is InChI=1S/C24H31N3O6S/c1-5-6-13-27-22(28)15-19(23(27)16-7-10-18(32-2)11-8-16)24(29)25-17-9-12-21(33-3)20(14-17)26-34(4,30)31/h7-12,14,19,23,26H,5-6,13,15H2,1-4H3,(H,25,29). The van der Waals surface area contributed by atoms with E-state index in [0.717, 1.165) is 24.7 Å². The molecule has 2 N–H and O–H groups in total. The minimum Gasteiger partial charge on any atom is -0.497 e. The summed E-state index contributed by atoms with van der Waals surface area (Å²) < 4.78 is 36.3. The van der Waals surface area contributed by atoms with E-state index in [1.165, 1.54) is 13.2 Å². The van der Waals surface area contributed by atoms with Crippen molar-refractivity contribution in [2.75, 3.05) is 37.1 Å². The Balaban J connectivity index is 1.89. The first kappa shape index (κ1) is 25.4. The van der Waals surface area contributed by atoms with Gasteiger partial charge in [-0.1, -0.05) is 25.5 Å². The highest BCUT2D eigenvalue weighted by Gasteiger charge is 2.44. The Labute approximate surface area is 200 Å². The molecule has 1 aliphatic heterocycles. The number of hydrogen-bond donors (Lipinski definition) is 2. The van der Waals surface area contributed by atoms with Gasteiger partial charge in [0.05, 0.1) is 38.1 Å². The number of ether oxygens (including phenoxy) is 2. The molecule has 2 aromatic rings. The minimum atomic E-state index is -3.55. The van der Waals surface area contributed by atoms with Gasteiger partial charge in [0.25, 0.3) is 0 Å².